The molecule has 7 nitrogen and oxygen atoms in total. The van der Waals surface area contributed by atoms with Crippen molar-refractivity contribution in [3.8, 4) is 0 Å². The number of hydrogen-bond acceptors (Lipinski definition) is 6. The highest BCUT2D eigenvalue weighted by Crippen LogP contribution is 2.31. The number of fused-ring (bicyclic) bond motifs is 1. The van der Waals surface area contributed by atoms with E-state index in [0.29, 0.717) is 17.8 Å². The van der Waals surface area contributed by atoms with Crippen LogP contribution in [0.2, 0.25) is 0 Å². The molecule has 2 fully saturated rings. The minimum atomic E-state index is -3.16. The molecule has 5 rings (SSSR count). The number of hydrogen-bond donors (Lipinski definition) is 0. The van der Waals surface area contributed by atoms with Gasteiger partial charge in [-0.2, -0.15) is 0 Å². The van der Waals surface area contributed by atoms with Gasteiger partial charge in [0, 0.05) is 36.1 Å². The van der Waals surface area contributed by atoms with Crippen molar-refractivity contribution >= 4 is 32.6 Å². The molecule has 2 aliphatic rings. The zero-order valence-electron chi connectivity index (χ0n) is 19.2. The molecule has 3 aromatic rings. The van der Waals surface area contributed by atoms with Gasteiger partial charge >= 0.3 is 0 Å². The predicted octanol–water partition coefficient (Wildman–Crippen LogP) is 4.46. The van der Waals surface area contributed by atoms with Crippen molar-refractivity contribution in [2.45, 2.75) is 52.1 Å². The van der Waals surface area contributed by atoms with Crippen LogP contribution in [-0.2, 0) is 16.4 Å². The van der Waals surface area contributed by atoms with Gasteiger partial charge in [0.2, 0.25) is 0 Å². The first-order valence-corrected chi connectivity index (χ1v) is 13.5. The van der Waals surface area contributed by atoms with Crippen LogP contribution in [0.15, 0.2) is 39.2 Å². The van der Waals surface area contributed by atoms with Crippen LogP contribution in [0.25, 0.3) is 11.0 Å². The quantitative estimate of drug-likeness (QED) is 0.547. The van der Waals surface area contributed by atoms with Crippen molar-refractivity contribution in [1.82, 2.24) is 4.90 Å². The Bertz CT molecular complexity index is 1280. The van der Waals surface area contributed by atoms with Gasteiger partial charge in [-0.15, -0.1) is 0 Å². The molecule has 2 saturated heterocycles. The molecule has 0 N–H and O–H groups in total. The highest BCUT2D eigenvalue weighted by Gasteiger charge is 2.37. The summed E-state index contributed by atoms with van der Waals surface area (Å²) in [4.78, 5) is 17.6. The average molecular weight is 471 g/mol. The number of anilines is 1. The Morgan fingerprint density at radius 3 is 2.61 bits per heavy atom. The van der Waals surface area contributed by atoms with Crippen LogP contribution in [0.1, 0.15) is 53.1 Å². The molecule has 2 aliphatic heterocycles. The van der Waals surface area contributed by atoms with Crippen molar-refractivity contribution in [2.24, 2.45) is 0 Å². The number of carbonyl (C=O) groups excluding carboxylic acids is 1. The molecule has 1 aromatic carbocycles. The number of carbonyl (C=O) groups is 1. The number of rotatable bonds is 5. The first kappa shape index (κ1) is 22.1. The van der Waals surface area contributed by atoms with Gasteiger partial charge in [-0.3, -0.25) is 4.79 Å². The molecule has 0 radical (unpaired) electrons. The first-order valence-electron chi connectivity index (χ1n) is 11.7. The largest absolute Gasteiger partial charge is 0.451 e. The topological polar surface area (TPSA) is 84.0 Å². The summed E-state index contributed by atoms with van der Waals surface area (Å²) in [5.41, 5.74) is 2.52. The molecular formula is C25H30N2O5S. The van der Waals surface area contributed by atoms with Crippen LogP contribution in [0.5, 0.6) is 0 Å². The summed E-state index contributed by atoms with van der Waals surface area (Å²) in [5.74, 6) is 1.50. The molecule has 176 valence electrons. The summed E-state index contributed by atoms with van der Waals surface area (Å²) in [6.07, 6.45) is 3.95. The molecular weight excluding hydrogens is 440 g/mol. The first-order chi connectivity index (χ1) is 15.8. The number of benzene rings is 1. The van der Waals surface area contributed by atoms with Crippen molar-refractivity contribution in [2.75, 3.05) is 29.5 Å². The zero-order chi connectivity index (χ0) is 23.2. The van der Waals surface area contributed by atoms with E-state index in [0.717, 1.165) is 48.3 Å². The van der Waals surface area contributed by atoms with Gasteiger partial charge < -0.3 is 18.6 Å². The Morgan fingerprint density at radius 1 is 1.09 bits per heavy atom. The number of sulfone groups is 1. The van der Waals surface area contributed by atoms with E-state index in [1.165, 1.54) is 6.42 Å². The second-order valence-electron chi connectivity index (χ2n) is 9.33. The second kappa shape index (κ2) is 8.56. The summed E-state index contributed by atoms with van der Waals surface area (Å²) < 4.78 is 36.5. The molecule has 1 unspecified atom stereocenters. The van der Waals surface area contributed by atoms with E-state index in [4.69, 9.17) is 8.83 Å². The fourth-order valence-electron chi connectivity index (χ4n) is 4.96. The van der Waals surface area contributed by atoms with Gasteiger partial charge in [0.15, 0.2) is 21.5 Å². The number of piperidine rings is 1. The Balaban J connectivity index is 1.46. The number of furan rings is 2. The fourth-order valence-corrected chi connectivity index (χ4v) is 6.69. The van der Waals surface area contributed by atoms with Crippen molar-refractivity contribution < 1.29 is 22.0 Å². The van der Waals surface area contributed by atoms with Gasteiger partial charge in [-0.25, -0.2) is 8.42 Å². The maximum absolute atomic E-state index is 13.7. The van der Waals surface area contributed by atoms with Gasteiger partial charge in [0.05, 0.1) is 18.1 Å². The molecule has 0 saturated carbocycles. The van der Waals surface area contributed by atoms with Crippen molar-refractivity contribution in [3.05, 3.63) is 53.0 Å². The van der Waals surface area contributed by atoms with Crippen LogP contribution in [-0.4, -0.2) is 49.9 Å². The van der Waals surface area contributed by atoms with E-state index in [1.807, 2.05) is 44.2 Å². The highest BCUT2D eigenvalue weighted by atomic mass is 32.2. The molecule has 0 bridgehead atoms. The Hall–Kier alpha value is -2.74. The van der Waals surface area contributed by atoms with E-state index in [2.05, 4.69) is 4.90 Å². The third-order valence-corrected chi connectivity index (χ3v) is 8.59. The third kappa shape index (κ3) is 4.40. The van der Waals surface area contributed by atoms with E-state index in [9.17, 15) is 13.2 Å². The van der Waals surface area contributed by atoms with Gasteiger partial charge in [0.25, 0.3) is 5.91 Å². The average Bonchev–Trinajstić information content (AvgIpc) is 3.50. The maximum atomic E-state index is 13.7. The SMILES string of the molecule is Cc1ccc2oc(C(=O)N(Cc3ccc(N4CCCCC4)o3)C3CCS(=O)(=O)C3)c(C)c2c1. The summed E-state index contributed by atoms with van der Waals surface area (Å²) in [7, 11) is -3.16. The van der Waals surface area contributed by atoms with Gasteiger partial charge in [-0.05, 0) is 57.7 Å². The summed E-state index contributed by atoms with van der Waals surface area (Å²) in [6, 6.07) is 9.27. The Kier molecular flexibility index (Phi) is 5.72. The lowest BCUT2D eigenvalue weighted by Gasteiger charge is -2.27. The molecule has 2 aromatic heterocycles. The Morgan fingerprint density at radius 2 is 1.88 bits per heavy atom. The van der Waals surface area contributed by atoms with Crippen LogP contribution >= 0.6 is 0 Å². The third-order valence-electron chi connectivity index (χ3n) is 6.84. The summed E-state index contributed by atoms with van der Waals surface area (Å²) in [6.45, 7) is 6.02. The predicted molar refractivity (Wildman–Crippen MR) is 127 cm³/mol. The number of aryl methyl sites for hydroxylation is 2. The number of amides is 1. The lowest BCUT2D eigenvalue weighted by molar-refractivity contribution is 0.0635. The standard InChI is InChI=1S/C25H30N2O5S/c1-17-6-8-22-21(14-17)18(2)24(32-22)25(28)27(19-10-13-33(29,30)16-19)15-20-7-9-23(31-20)26-11-4-3-5-12-26/h6-9,14,19H,3-5,10-13,15-16H2,1-2H3. The maximum Gasteiger partial charge on any atom is 0.290 e. The van der Waals surface area contributed by atoms with Gasteiger partial charge in [0.1, 0.15) is 11.3 Å². The van der Waals surface area contributed by atoms with E-state index in [-0.39, 0.29) is 29.7 Å². The van der Waals surface area contributed by atoms with Gasteiger partial charge in [-0.1, -0.05) is 11.6 Å². The summed E-state index contributed by atoms with van der Waals surface area (Å²) >= 11 is 0. The van der Waals surface area contributed by atoms with Crippen molar-refractivity contribution in [3.63, 3.8) is 0 Å². The Labute approximate surface area is 194 Å². The second-order valence-corrected chi connectivity index (χ2v) is 11.6. The van der Waals surface area contributed by atoms with E-state index >= 15 is 0 Å². The minimum absolute atomic E-state index is 0.0309. The van der Waals surface area contributed by atoms with Crippen molar-refractivity contribution in [1.29, 1.82) is 0 Å². The molecule has 0 spiro atoms. The smallest absolute Gasteiger partial charge is 0.290 e. The molecule has 4 heterocycles. The van der Waals surface area contributed by atoms with Crippen LogP contribution in [0.3, 0.4) is 0 Å². The van der Waals surface area contributed by atoms with Crippen LogP contribution in [0, 0.1) is 13.8 Å². The monoisotopic (exact) mass is 470 g/mol. The fraction of sp³-hybridized carbons (Fsp3) is 0.480. The normalized spacial score (nSPS) is 20.4. The van der Waals surface area contributed by atoms with Crippen LogP contribution in [0.4, 0.5) is 5.88 Å². The zero-order valence-corrected chi connectivity index (χ0v) is 20.0. The number of nitrogens with zero attached hydrogens (tertiary/aromatic N) is 2. The molecule has 33 heavy (non-hydrogen) atoms. The molecule has 1 amide bonds. The lowest BCUT2D eigenvalue weighted by Crippen LogP contribution is -2.40. The van der Waals surface area contributed by atoms with Crippen LogP contribution < -0.4 is 4.90 Å². The highest BCUT2D eigenvalue weighted by molar-refractivity contribution is 7.91. The molecule has 8 heteroatoms. The van der Waals surface area contributed by atoms with E-state index in [1.54, 1.807) is 4.90 Å². The summed E-state index contributed by atoms with van der Waals surface area (Å²) in [5, 5.41) is 0.905. The van der Waals surface area contributed by atoms with E-state index < -0.39 is 15.9 Å². The minimum Gasteiger partial charge on any atom is -0.451 e. The molecule has 0 aliphatic carbocycles. The lowest BCUT2D eigenvalue weighted by atomic mass is 10.1. The molecule has 1 atom stereocenters.